The number of hydrogen-bond acceptors (Lipinski definition) is 4. The molecule has 1 N–H and O–H groups in total. The van der Waals surface area contributed by atoms with Crippen LogP contribution >= 0.6 is 11.3 Å². The van der Waals surface area contributed by atoms with Gasteiger partial charge in [-0.05, 0) is 35.6 Å². The summed E-state index contributed by atoms with van der Waals surface area (Å²) in [6.45, 7) is 0.834. The summed E-state index contributed by atoms with van der Waals surface area (Å²) in [6, 6.07) is 10.7. The molecule has 0 fully saturated rings. The average Bonchev–Trinajstić information content (AvgIpc) is 3.12. The third kappa shape index (κ3) is 4.29. The monoisotopic (exact) mass is 372 g/mol. The maximum atomic E-state index is 12.5. The number of carbonyl (C=O) groups is 3. The third-order valence-electron chi connectivity index (χ3n) is 4.38. The second-order valence-electron chi connectivity index (χ2n) is 6.14. The van der Waals surface area contributed by atoms with Crippen LogP contribution in [0.15, 0.2) is 41.8 Å². The minimum Gasteiger partial charge on any atom is -0.480 e. The maximum absolute atomic E-state index is 12.5. The van der Waals surface area contributed by atoms with E-state index in [4.69, 9.17) is 5.11 Å². The first kappa shape index (κ1) is 18.1. The van der Waals surface area contributed by atoms with Crippen LogP contribution in [0.5, 0.6) is 0 Å². The number of rotatable bonds is 6. The SMILES string of the molecule is O=C(O)CN(C(=O)CCC(=O)N1CCc2sccc2C1)c1ccccc1. The molecule has 0 saturated carbocycles. The Morgan fingerprint density at radius 1 is 1.12 bits per heavy atom. The highest BCUT2D eigenvalue weighted by Gasteiger charge is 2.24. The number of hydrogen-bond donors (Lipinski definition) is 1. The number of nitrogens with zero attached hydrogens (tertiary/aromatic N) is 2. The lowest BCUT2D eigenvalue weighted by atomic mass is 10.1. The van der Waals surface area contributed by atoms with Crippen molar-refractivity contribution in [2.45, 2.75) is 25.8 Å². The molecule has 0 unspecified atom stereocenters. The lowest BCUT2D eigenvalue weighted by Crippen LogP contribution is -2.38. The predicted octanol–water partition coefficient (Wildman–Crippen LogP) is 2.53. The van der Waals surface area contributed by atoms with E-state index in [9.17, 15) is 14.4 Å². The fraction of sp³-hybridized carbons (Fsp3) is 0.316. The Morgan fingerprint density at radius 3 is 2.62 bits per heavy atom. The predicted molar refractivity (Wildman–Crippen MR) is 99.1 cm³/mol. The number of para-hydroxylation sites is 1. The van der Waals surface area contributed by atoms with E-state index >= 15 is 0 Å². The number of carbonyl (C=O) groups excluding carboxylic acids is 2. The van der Waals surface area contributed by atoms with Gasteiger partial charge in [0.05, 0.1) is 0 Å². The van der Waals surface area contributed by atoms with E-state index < -0.39 is 12.5 Å². The van der Waals surface area contributed by atoms with E-state index in [0.717, 1.165) is 6.42 Å². The van der Waals surface area contributed by atoms with E-state index in [0.29, 0.717) is 18.8 Å². The molecular weight excluding hydrogens is 352 g/mol. The first-order chi connectivity index (χ1) is 12.5. The smallest absolute Gasteiger partial charge is 0.323 e. The first-order valence-electron chi connectivity index (χ1n) is 8.45. The van der Waals surface area contributed by atoms with E-state index in [1.807, 2.05) is 11.4 Å². The molecule has 1 aromatic heterocycles. The second kappa shape index (κ2) is 8.14. The van der Waals surface area contributed by atoms with Gasteiger partial charge < -0.3 is 14.9 Å². The fourth-order valence-electron chi connectivity index (χ4n) is 3.03. The van der Waals surface area contributed by atoms with Crippen molar-refractivity contribution < 1.29 is 19.5 Å². The van der Waals surface area contributed by atoms with Gasteiger partial charge in [-0.3, -0.25) is 14.4 Å². The molecular formula is C19H20N2O4S. The molecule has 1 aromatic carbocycles. The number of anilines is 1. The zero-order valence-electron chi connectivity index (χ0n) is 14.3. The molecule has 6 nitrogen and oxygen atoms in total. The van der Waals surface area contributed by atoms with Crippen LogP contribution in [0.4, 0.5) is 5.69 Å². The van der Waals surface area contributed by atoms with Crippen molar-refractivity contribution in [3.05, 3.63) is 52.2 Å². The van der Waals surface area contributed by atoms with Gasteiger partial charge >= 0.3 is 5.97 Å². The van der Waals surface area contributed by atoms with Gasteiger partial charge in [0.25, 0.3) is 0 Å². The van der Waals surface area contributed by atoms with Gasteiger partial charge in [0, 0.05) is 36.5 Å². The largest absolute Gasteiger partial charge is 0.480 e. The molecule has 1 aliphatic rings. The molecule has 0 atom stereocenters. The van der Waals surface area contributed by atoms with Crippen molar-refractivity contribution in [1.29, 1.82) is 0 Å². The standard InChI is InChI=1S/C19H20N2O4S/c22-17(20-10-8-16-14(12-20)9-11-26-16)6-7-18(23)21(13-19(24)25)15-4-2-1-3-5-15/h1-5,9,11H,6-8,10,12-13H2,(H,24,25). The summed E-state index contributed by atoms with van der Waals surface area (Å²) in [5, 5.41) is 11.1. The van der Waals surface area contributed by atoms with Gasteiger partial charge in [0.1, 0.15) is 6.54 Å². The van der Waals surface area contributed by atoms with Crippen molar-refractivity contribution in [3.63, 3.8) is 0 Å². The van der Waals surface area contributed by atoms with Crippen molar-refractivity contribution in [2.24, 2.45) is 0 Å². The molecule has 136 valence electrons. The second-order valence-corrected chi connectivity index (χ2v) is 7.14. The first-order valence-corrected chi connectivity index (χ1v) is 9.33. The summed E-state index contributed by atoms with van der Waals surface area (Å²) in [7, 11) is 0. The zero-order valence-corrected chi connectivity index (χ0v) is 15.1. The number of amides is 2. The van der Waals surface area contributed by atoms with Gasteiger partial charge in [0.15, 0.2) is 0 Å². The molecule has 1 aliphatic heterocycles. The average molecular weight is 372 g/mol. The summed E-state index contributed by atoms with van der Waals surface area (Å²) >= 11 is 1.71. The molecule has 0 aliphatic carbocycles. The Bertz CT molecular complexity index is 803. The highest BCUT2D eigenvalue weighted by atomic mass is 32.1. The molecule has 0 radical (unpaired) electrons. The van der Waals surface area contributed by atoms with Crippen LogP contribution in [-0.4, -0.2) is 40.9 Å². The minimum absolute atomic E-state index is 0.00595. The van der Waals surface area contributed by atoms with Crippen LogP contribution in [0.3, 0.4) is 0 Å². The molecule has 7 heteroatoms. The van der Waals surface area contributed by atoms with Gasteiger partial charge in [-0.15, -0.1) is 11.3 Å². The quantitative estimate of drug-likeness (QED) is 0.845. The maximum Gasteiger partial charge on any atom is 0.323 e. The Labute approximate surface area is 155 Å². The van der Waals surface area contributed by atoms with Crippen LogP contribution in [-0.2, 0) is 27.3 Å². The topological polar surface area (TPSA) is 77.9 Å². The number of thiophene rings is 1. The van der Waals surface area contributed by atoms with Crippen molar-refractivity contribution >= 4 is 34.8 Å². The van der Waals surface area contributed by atoms with E-state index in [1.165, 1.54) is 15.3 Å². The van der Waals surface area contributed by atoms with Crippen LogP contribution < -0.4 is 4.90 Å². The number of aliphatic carboxylic acids is 1. The van der Waals surface area contributed by atoms with Crippen molar-refractivity contribution in [2.75, 3.05) is 18.0 Å². The Balaban J connectivity index is 1.59. The van der Waals surface area contributed by atoms with Gasteiger partial charge in [-0.2, -0.15) is 0 Å². The van der Waals surface area contributed by atoms with Crippen molar-refractivity contribution in [1.82, 2.24) is 4.90 Å². The van der Waals surface area contributed by atoms with E-state index in [1.54, 1.807) is 46.6 Å². The third-order valence-corrected chi connectivity index (χ3v) is 5.40. The molecule has 3 rings (SSSR count). The number of carboxylic acids is 1. The van der Waals surface area contributed by atoms with Gasteiger partial charge in [-0.25, -0.2) is 0 Å². The summed E-state index contributed by atoms with van der Waals surface area (Å²) in [4.78, 5) is 40.4. The number of fused-ring (bicyclic) bond motifs is 1. The van der Waals surface area contributed by atoms with Crippen molar-refractivity contribution in [3.8, 4) is 0 Å². The normalized spacial score (nSPS) is 13.2. The summed E-state index contributed by atoms with van der Waals surface area (Å²) < 4.78 is 0. The van der Waals surface area contributed by atoms with Crippen LogP contribution in [0, 0.1) is 0 Å². The molecule has 2 amide bonds. The number of carboxylic acid groups (broad SMARTS) is 1. The molecule has 0 bridgehead atoms. The van der Waals surface area contributed by atoms with Crippen LogP contribution in [0.25, 0.3) is 0 Å². The Kier molecular flexibility index (Phi) is 5.68. The Hall–Kier alpha value is -2.67. The summed E-state index contributed by atoms with van der Waals surface area (Å²) in [6.07, 6.45) is 0.928. The molecule has 0 saturated heterocycles. The molecule has 2 aromatic rings. The molecule has 2 heterocycles. The molecule has 26 heavy (non-hydrogen) atoms. The Morgan fingerprint density at radius 2 is 1.88 bits per heavy atom. The van der Waals surface area contributed by atoms with E-state index in [-0.39, 0.29) is 24.7 Å². The lowest BCUT2D eigenvalue weighted by molar-refractivity contribution is -0.136. The number of benzene rings is 1. The lowest BCUT2D eigenvalue weighted by Gasteiger charge is -2.27. The zero-order chi connectivity index (χ0) is 18.5. The molecule has 0 spiro atoms. The highest BCUT2D eigenvalue weighted by molar-refractivity contribution is 7.10. The van der Waals surface area contributed by atoms with Gasteiger partial charge in [0.2, 0.25) is 11.8 Å². The minimum atomic E-state index is -1.09. The van der Waals surface area contributed by atoms with E-state index in [2.05, 4.69) is 0 Å². The van der Waals surface area contributed by atoms with Crippen LogP contribution in [0.2, 0.25) is 0 Å². The summed E-state index contributed by atoms with van der Waals surface area (Å²) in [5.41, 5.74) is 1.70. The fourth-order valence-corrected chi connectivity index (χ4v) is 3.92. The van der Waals surface area contributed by atoms with Gasteiger partial charge in [-0.1, -0.05) is 18.2 Å². The highest BCUT2D eigenvalue weighted by Crippen LogP contribution is 2.24. The van der Waals surface area contributed by atoms with Crippen LogP contribution in [0.1, 0.15) is 23.3 Å². The summed E-state index contributed by atoms with van der Waals surface area (Å²) in [5.74, 6) is -1.52.